The smallest absolute Gasteiger partial charge is 0.0623 e. The lowest BCUT2D eigenvalue weighted by atomic mass is 9.85. The average molecular weight is 317 g/mol. The minimum Gasteiger partial charge on any atom is -0.0623 e. The summed E-state index contributed by atoms with van der Waals surface area (Å²) in [6, 6.07) is 14.0. The van der Waals surface area contributed by atoms with Crippen LogP contribution >= 0.6 is 0 Å². The maximum atomic E-state index is 2.45. The second-order valence-corrected chi connectivity index (χ2v) is 9.60. The summed E-state index contributed by atoms with van der Waals surface area (Å²) >= 11 is 0. The fourth-order valence-corrected chi connectivity index (χ4v) is 5.83. The maximum absolute atomic E-state index is 2.45. The molecule has 0 saturated heterocycles. The van der Waals surface area contributed by atoms with Crippen molar-refractivity contribution in [2.24, 2.45) is 5.92 Å². The molecule has 0 aromatic heterocycles. The van der Waals surface area contributed by atoms with E-state index >= 15 is 0 Å². The minimum absolute atomic E-state index is 0.219. The SMILES string of the molecule is CC(C)C1=Cc2ccc3c(-c4ccc(C(C)(C)C)cc4)c2C1[Si]3. The monoisotopic (exact) mass is 316 g/mol. The van der Waals surface area contributed by atoms with E-state index in [1.54, 1.807) is 16.3 Å². The van der Waals surface area contributed by atoms with Crippen LogP contribution in [-0.4, -0.2) is 9.52 Å². The zero-order valence-corrected chi connectivity index (χ0v) is 15.7. The Bertz CT molecular complexity index is 801. The number of benzene rings is 2. The zero-order valence-electron chi connectivity index (χ0n) is 14.7. The van der Waals surface area contributed by atoms with Crippen molar-refractivity contribution < 1.29 is 0 Å². The molecule has 1 heterocycles. The van der Waals surface area contributed by atoms with Gasteiger partial charge in [-0.1, -0.05) is 87.9 Å². The first-order chi connectivity index (χ1) is 10.9. The van der Waals surface area contributed by atoms with Gasteiger partial charge in [0.25, 0.3) is 0 Å². The van der Waals surface area contributed by atoms with Crippen LogP contribution in [0.25, 0.3) is 17.2 Å². The predicted octanol–water partition coefficient (Wildman–Crippen LogP) is 5.09. The quantitative estimate of drug-likeness (QED) is 0.677. The Morgan fingerprint density at radius 1 is 0.957 bits per heavy atom. The third kappa shape index (κ3) is 2.25. The Hall–Kier alpha value is -1.60. The molecule has 0 spiro atoms. The summed E-state index contributed by atoms with van der Waals surface area (Å²) in [5, 5.41) is 1.56. The van der Waals surface area contributed by atoms with Crippen LogP contribution in [0.15, 0.2) is 42.0 Å². The highest BCUT2D eigenvalue weighted by Crippen LogP contribution is 2.47. The first-order valence-corrected chi connectivity index (χ1v) is 9.70. The first-order valence-electron chi connectivity index (χ1n) is 8.62. The Morgan fingerprint density at radius 2 is 1.65 bits per heavy atom. The van der Waals surface area contributed by atoms with Crippen molar-refractivity contribution in [3.05, 3.63) is 58.7 Å². The highest BCUT2D eigenvalue weighted by atomic mass is 28.2. The first kappa shape index (κ1) is 15.0. The molecule has 0 saturated carbocycles. The summed E-state index contributed by atoms with van der Waals surface area (Å²) in [5.74, 6) is 0.648. The zero-order chi connectivity index (χ0) is 16.4. The van der Waals surface area contributed by atoms with Crippen molar-refractivity contribution in [3.63, 3.8) is 0 Å². The van der Waals surface area contributed by atoms with Crippen LogP contribution in [0.4, 0.5) is 0 Å². The molecule has 1 atom stereocenters. The van der Waals surface area contributed by atoms with Crippen LogP contribution < -0.4 is 5.19 Å². The standard InChI is InChI=1S/C22H24Si/c1-13(2)17-12-15-8-11-18-19(20(15)21(17)23-18)14-6-9-16(10-7-14)22(3,4)5/h6-13,21H,1-5H3. The van der Waals surface area contributed by atoms with Crippen molar-refractivity contribution in [1.82, 2.24) is 0 Å². The van der Waals surface area contributed by atoms with Crippen LogP contribution in [0, 0.1) is 5.92 Å². The van der Waals surface area contributed by atoms with Gasteiger partial charge in [0.2, 0.25) is 0 Å². The van der Waals surface area contributed by atoms with E-state index < -0.39 is 0 Å². The summed E-state index contributed by atoms with van der Waals surface area (Å²) < 4.78 is 0. The number of rotatable bonds is 2. The van der Waals surface area contributed by atoms with Gasteiger partial charge < -0.3 is 0 Å². The van der Waals surface area contributed by atoms with E-state index in [1.807, 2.05) is 0 Å². The molecule has 1 unspecified atom stereocenters. The Balaban J connectivity index is 1.80. The minimum atomic E-state index is 0.219. The van der Waals surface area contributed by atoms with Crippen LogP contribution in [-0.2, 0) is 5.41 Å². The lowest BCUT2D eigenvalue weighted by molar-refractivity contribution is 0.590. The van der Waals surface area contributed by atoms with Crippen molar-refractivity contribution in [2.45, 2.75) is 45.6 Å². The van der Waals surface area contributed by atoms with E-state index in [1.165, 1.54) is 22.3 Å². The molecule has 2 bridgehead atoms. The van der Waals surface area contributed by atoms with E-state index in [0.29, 0.717) is 11.5 Å². The van der Waals surface area contributed by atoms with E-state index in [0.717, 1.165) is 9.52 Å². The van der Waals surface area contributed by atoms with Crippen LogP contribution in [0.5, 0.6) is 0 Å². The summed E-state index contributed by atoms with van der Waals surface area (Å²) in [7, 11) is 0.907. The van der Waals surface area contributed by atoms with Crippen molar-refractivity contribution in [1.29, 1.82) is 0 Å². The molecular weight excluding hydrogens is 292 g/mol. The third-order valence-electron chi connectivity index (χ3n) is 5.23. The largest absolute Gasteiger partial charge is 0.0953 e. The molecule has 1 aliphatic heterocycles. The summed E-state index contributed by atoms with van der Waals surface area (Å²) in [4.78, 5) is 0. The molecule has 116 valence electrons. The number of hydrogen-bond acceptors (Lipinski definition) is 0. The van der Waals surface area contributed by atoms with Gasteiger partial charge in [-0.3, -0.25) is 0 Å². The Labute approximate surface area is 142 Å². The van der Waals surface area contributed by atoms with Gasteiger partial charge in [0.1, 0.15) is 0 Å². The predicted molar refractivity (Wildman–Crippen MR) is 102 cm³/mol. The number of hydrogen-bond donors (Lipinski definition) is 0. The average Bonchev–Trinajstić information content (AvgIpc) is 2.95. The third-order valence-corrected chi connectivity index (χ3v) is 6.87. The molecule has 0 nitrogen and oxygen atoms in total. The van der Waals surface area contributed by atoms with Crippen LogP contribution in [0.2, 0.25) is 0 Å². The van der Waals surface area contributed by atoms with Crippen molar-refractivity contribution in [2.75, 3.05) is 0 Å². The lowest BCUT2D eigenvalue weighted by Gasteiger charge is -2.19. The molecule has 23 heavy (non-hydrogen) atoms. The van der Waals surface area contributed by atoms with E-state index in [2.05, 4.69) is 77.1 Å². The molecule has 1 heteroatoms. The van der Waals surface area contributed by atoms with Gasteiger partial charge in [-0.15, -0.1) is 0 Å². The van der Waals surface area contributed by atoms with Crippen molar-refractivity contribution >= 4 is 20.8 Å². The molecule has 2 radical (unpaired) electrons. The highest BCUT2D eigenvalue weighted by molar-refractivity contribution is 6.61. The topological polar surface area (TPSA) is 0 Å². The molecule has 2 aromatic carbocycles. The second kappa shape index (κ2) is 4.94. The van der Waals surface area contributed by atoms with Gasteiger partial charge in [-0.2, -0.15) is 0 Å². The Morgan fingerprint density at radius 3 is 2.26 bits per heavy atom. The molecule has 2 aliphatic rings. The summed E-state index contributed by atoms with van der Waals surface area (Å²) in [5.41, 5.74) is 9.92. The normalized spacial score (nSPS) is 18.7. The highest BCUT2D eigenvalue weighted by Gasteiger charge is 2.36. The van der Waals surface area contributed by atoms with E-state index in [-0.39, 0.29) is 5.41 Å². The van der Waals surface area contributed by atoms with Crippen LogP contribution in [0.3, 0.4) is 0 Å². The van der Waals surface area contributed by atoms with Gasteiger partial charge in [0.05, 0.1) is 9.52 Å². The van der Waals surface area contributed by atoms with Crippen LogP contribution in [0.1, 0.15) is 56.9 Å². The maximum Gasteiger partial charge on any atom is 0.0953 e. The van der Waals surface area contributed by atoms with Crippen molar-refractivity contribution in [3.8, 4) is 11.1 Å². The van der Waals surface area contributed by atoms with E-state index in [4.69, 9.17) is 0 Å². The number of allylic oxidation sites excluding steroid dienone is 1. The van der Waals surface area contributed by atoms with Gasteiger partial charge >= 0.3 is 0 Å². The number of fused-ring (bicyclic) bond motifs is 1. The molecule has 1 aliphatic carbocycles. The van der Waals surface area contributed by atoms with E-state index in [9.17, 15) is 0 Å². The molecule has 2 aromatic rings. The van der Waals surface area contributed by atoms with Gasteiger partial charge in [0, 0.05) is 5.54 Å². The fourth-order valence-electron chi connectivity index (χ4n) is 3.88. The molecule has 0 fully saturated rings. The second-order valence-electron chi connectivity index (χ2n) is 8.19. The van der Waals surface area contributed by atoms with Gasteiger partial charge in [0.15, 0.2) is 0 Å². The lowest BCUT2D eigenvalue weighted by Crippen LogP contribution is -2.17. The van der Waals surface area contributed by atoms with Gasteiger partial charge in [-0.05, 0) is 39.2 Å². The summed E-state index contributed by atoms with van der Waals surface area (Å²) in [6.07, 6.45) is 2.45. The summed E-state index contributed by atoms with van der Waals surface area (Å²) in [6.45, 7) is 11.5. The molecule has 4 rings (SSSR count). The molecule has 0 amide bonds. The fraction of sp³-hybridized carbons (Fsp3) is 0.364. The van der Waals surface area contributed by atoms with Gasteiger partial charge in [-0.25, -0.2) is 0 Å². The Kier molecular flexibility index (Phi) is 3.22. The molecular formula is C22H24Si. The molecule has 0 N–H and O–H groups in total.